The summed E-state index contributed by atoms with van der Waals surface area (Å²) in [6.45, 7) is 3.29. The minimum absolute atomic E-state index is 0.209. The van der Waals surface area contributed by atoms with Gasteiger partial charge in [-0.15, -0.1) is 0 Å². The average Bonchev–Trinajstić information content (AvgIpc) is 2.80. The first-order valence-corrected chi connectivity index (χ1v) is 8.75. The molecule has 2 aromatic heterocycles. The van der Waals surface area contributed by atoms with Gasteiger partial charge in [0.1, 0.15) is 0 Å². The molecule has 0 bridgehead atoms. The van der Waals surface area contributed by atoms with Gasteiger partial charge in [0.05, 0.1) is 22.5 Å². The number of nitro benzene ring substituents is 1. The van der Waals surface area contributed by atoms with E-state index >= 15 is 0 Å². The first-order valence-electron chi connectivity index (χ1n) is 7.27. The Morgan fingerprint density at radius 3 is 2.68 bits per heavy atom. The summed E-state index contributed by atoms with van der Waals surface area (Å²) in [6, 6.07) is 5.72. The normalized spacial score (nSPS) is 11.6. The zero-order chi connectivity index (χ0) is 18.4. The van der Waals surface area contributed by atoms with Crippen molar-refractivity contribution >= 4 is 32.4 Å². The van der Waals surface area contributed by atoms with Crippen molar-refractivity contribution in [3.63, 3.8) is 0 Å². The maximum absolute atomic E-state index is 12.7. The number of hydrogen-bond acceptors (Lipinski definition) is 6. The largest absolute Gasteiger partial charge is 0.290 e. The maximum atomic E-state index is 12.7. The van der Waals surface area contributed by atoms with Crippen molar-refractivity contribution in [1.29, 1.82) is 0 Å². The molecule has 1 N–H and O–H groups in total. The second-order valence-electron chi connectivity index (χ2n) is 5.59. The van der Waals surface area contributed by atoms with Crippen LogP contribution < -0.4 is 4.72 Å². The van der Waals surface area contributed by atoms with Gasteiger partial charge < -0.3 is 0 Å². The van der Waals surface area contributed by atoms with Crippen LogP contribution in [0.15, 0.2) is 35.4 Å². The fraction of sp³-hybridized carbons (Fsp3) is 0.200. The summed E-state index contributed by atoms with van der Waals surface area (Å²) in [7, 11) is -2.41. The number of aryl methyl sites for hydroxylation is 3. The van der Waals surface area contributed by atoms with Gasteiger partial charge in [0.25, 0.3) is 15.7 Å². The van der Waals surface area contributed by atoms with Crippen LogP contribution in [0.1, 0.15) is 11.3 Å². The van der Waals surface area contributed by atoms with E-state index in [4.69, 9.17) is 0 Å². The van der Waals surface area contributed by atoms with Crippen LogP contribution in [-0.2, 0) is 17.1 Å². The van der Waals surface area contributed by atoms with Crippen molar-refractivity contribution in [2.75, 3.05) is 4.72 Å². The lowest BCUT2D eigenvalue weighted by molar-refractivity contribution is -0.387. The fourth-order valence-electron chi connectivity index (χ4n) is 2.70. The smallest absolute Gasteiger partial charge is 0.278 e. The monoisotopic (exact) mass is 361 g/mol. The third kappa shape index (κ3) is 2.91. The Morgan fingerprint density at radius 1 is 1.28 bits per heavy atom. The predicted octanol–water partition coefficient (Wildman–Crippen LogP) is 2.29. The first-order chi connectivity index (χ1) is 11.7. The van der Waals surface area contributed by atoms with Crippen molar-refractivity contribution in [3.05, 3.63) is 51.8 Å². The molecule has 0 radical (unpaired) electrons. The van der Waals surface area contributed by atoms with E-state index in [2.05, 4.69) is 14.8 Å². The zero-order valence-corrected chi connectivity index (χ0v) is 14.5. The number of benzene rings is 1. The Labute approximate surface area is 143 Å². The number of fused-ring (bicyclic) bond motifs is 1. The van der Waals surface area contributed by atoms with Gasteiger partial charge in [-0.05, 0) is 25.5 Å². The molecule has 0 unspecified atom stereocenters. The molecule has 130 valence electrons. The molecule has 0 saturated carbocycles. The molecule has 0 fully saturated rings. The molecule has 3 aromatic rings. The Kier molecular flexibility index (Phi) is 3.91. The van der Waals surface area contributed by atoms with E-state index in [1.807, 2.05) is 0 Å². The molecular weight excluding hydrogens is 346 g/mol. The fourth-order valence-corrected chi connectivity index (χ4v) is 4.13. The number of pyridine rings is 1. The first kappa shape index (κ1) is 16.8. The number of nitrogens with zero attached hydrogens (tertiary/aromatic N) is 4. The molecule has 10 heteroatoms. The number of nitro groups is 1. The number of hydrogen-bond donors (Lipinski definition) is 1. The summed E-state index contributed by atoms with van der Waals surface area (Å²) in [4.78, 5) is 14.3. The quantitative estimate of drug-likeness (QED) is 0.562. The van der Waals surface area contributed by atoms with Gasteiger partial charge in [0, 0.05) is 18.5 Å². The van der Waals surface area contributed by atoms with E-state index in [9.17, 15) is 18.5 Å². The minimum atomic E-state index is -4.15. The molecule has 0 aliphatic heterocycles. The molecule has 0 amide bonds. The van der Waals surface area contributed by atoms with Crippen molar-refractivity contribution in [2.24, 2.45) is 7.05 Å². The van der Waals surface area contributed by atoms with Gasteiger partial charge in [0.2, 0.25) is 0 Å². The summed E-state index contributed by atoms with van der Waals surface area (Å²) in [5.74, 6) is 0. The van der Waals surface area contributed by atoms with Crippen LogP contribution in [0.25, 0.3) is 11.0 Å². The van der Waals surface area contributed by atoms with E-state index in [1.165, 1.54) is 25.3 Å². The van der Waals surface area contributed by atoms with Crippen molar-refractivity contribution < 1.29 is 13.3 Å². The van der Waals surface area contributed by atoms with Crippen LogP contribution in [0, 0.1) is 24.0 Å². The summed E-state index contributed by atoms with van der Waals surface area (Å²) in [5.41, 5.74) is 1.34. The Hall–Kier alpha value is -3.01. The topological polar surface area (TPSA) is 120 Å². The van der Waals surface area contributed by atoms with Gasteiger partial charge in [-0.25, -0.2) is 13.4 Å². The van der Waals surface area contributed by atoms with Crippen LogP contribution >= 0.6 is 0 Å². The van der Waals surface area contributed by atoms with E-state index in [0.29, 0.717) is 16.7 Å². The van der Waals surface area contributed by atoms with Crippen molar-refractivity contribution in [3.8, 4) is 0 Å². The molecular formula is C15H15N5O4S. The van der Waals surface area contributed by atoms with Gasteiger partial charge in [-0.1, -0.05) is 12.1 Å². The SMILES string of the molecule is Cc1cccc([N+](=O)[O-])c1S(=O)(=O)Nc1cnc2c(c1)c(C)nn2C. The highest BCUT2D eigenvalue weighted by molar-refractivity contribution is 7.93. The van der Waals surface area contributed by atoms with E-state index in [1.54, 1.807) is 24.7 Å². The van der Waals surface area contributed by atoms with Gasteiger partial charge in [-0.3, -0.25) is 19.5 Å². The third-order valence-electron chi connectivity index (χ3n) is 3.77. The average molecular weight is 361 g/mol. The van der Waals surface area contributed by atoms with Crippen LogP contribution in [0.4, 0.5) is 11.4 Å². The highest BCUT2D eigenvalue weighted by atomic mass is 32.2. The summed E-state index contributed by atoms with van der Waals surface area (Å²) in [5, 5.41) is 16.1. The molecule has 9 nitrogen and oxygen atoms in total. The number of anilines is 1. The molecule has 1 aromatic carbocycles. The van der Waals surface area contributed by atoms with E-state index < -0.39 is 20.6 Å². The van der Waals surface area contributed by atoms with Crippen LogP contribution in [0.2, 0.25) is 0 Å². The van der Waals surface area contributed by atoms with Crippen molar-refractivity contribution in [2.45, 2.75) is 18.7 Å². The molecule has 3 rings (SSSR count). The van der Waals surface area contributed by atoms with Gasteiger partial charge in [0.15, 0.2) is 10.5 Å². The maximum Gasteiger partial charge on any atom is 0.290 e. The standard InChI is InChI=1S/C15H15N5O4S/c1-9-5-4-6-13(20(21)22)14(9)25(23,24)18-11-7-12-10(2)17-19(3)15(12)16-8-11/h4-8,18H,1-3H3. The van der Waals surface area contributed by atoms with Gasteiger partial charge in [-0.2, -0.15) is 5.10 Å². The molecule has 0 aliphatic carbocycles. The minimum Gasteiger partial charge on any atom is -0.278 e. The summed E-state index contributed by atoms with van der Waals surface area (Å²) < 4.78 is 29.4. The second-order valence-corrected chi connectivity index (χ2v) is 7.21. The number of aromatic nitrogens is 3. The Balaban J connectivity index is 2.09. The Morgan fingerprint density at radius 2 is 2.00 bits per heavy atom. The lowest BCUT2D eigenvalue weighted by Gasteiger charge is -2.10. The predicted molar refractivity (Wildman–Crippen MR) is 91.9 cm³/mol. The van der Waals surface area contributed by atoms with Crippen LogP contribution in [-0.4, -0.2) is 28.1 Å². The number of sulfonamides is 1. The molecule has 2 heterocycles. The number of rotatable bonds is 4. The lowest BCUT2D eigenvalue weighted by atomic mass is 10.2. The van der Waals surface area contributed by atoms with Crippen LogP contribution in [0.5, 0.6) is 0 Å². The highest BCUT2D eigenvalue weighted by Crippen LogP contribution is 2.29. The zero-order valence-electron chi connectivity index (χ0n) is 13.7. The Bertz CT molecular complexity index is 1100. The van der Waals surface area contributed by atoms with E-state index in [0.717, 1.165) is 6.07 Å². The molecule has 0 spiro atoms. The molecule has 0 saturated heterocycles. The molecule has 25 heavy (non-hydrogen) atoms. The van der Waals surface area contributed by atoms with E-state index in [-0.39, 0.29) is 16.1 Å². The molecule has 0 atom stereocenters. The lowest BCUT2D eigenvalue weighted by Crippen LogP contribution is -2.16. The summed E-state index contributed by atoms with van der Waals surface area (Å²) >= 11 is 0. The van der Waals surface area contributed by atoms with Crippen LogP contribution in [0.3, 0.4) is 0 Å². The molecule has 0 aliphatic rings. The number of nitrogens with one attached hydrogen (secondary N) is 1. The highest BCUT2D eigenvalue weighted by Gasteiger charge is 2.28. The van der Waals surface area contributed by atoms with Gasteiger partial charge >= 0.3 is 0 Å². The second kappa shape index (κ2) is 5.81. The van der Waals surface area contributed by atoms with Crippen molar-refractivity contribution in [1.82, 2.24) is 14.8 Å². The third-order valence-corrected chi connectivity index (χ3v) is 5.34. The summed E-state index contributed by atoms with van der Waals surface area (Å²) in [6.07, 6.45) is 1.35.